The average Bonchev–Trinajstić information content (AvgIpc) is 2.13. The lowest BCUT2D eigenvalue weighted by molar-refractivity contribution is 0.213. The highest BCUT2D eigenvalue weighted by molar-refractivity contribution is 6.30. The topological polar surface area (TPSA) is 26.0 Å². The Morgan fingerprint density at radius 3 is 2.25 bits per heavy atom. The Morgan fingerprint density at radius 1 is 1.31 bits per heavy atom. The zero-order valence-electron chi connectivity index (χ0n) is 9.58. The fourth-order valence-corrected chi connectivity index (χ4v) is 2.76. The van der Waals surface area contributed by atoms with E-state index in [0.717, 1.165) is 11.4 Å². The maximum atomic E-state index is 5.93. The molecule has 0 aromatic heterocycles. The molecule has 1 unspecified atom stereocenters. The number of benzene rings is 1. The summed E-state index contributed by atoms with van der Waals surface area (Å²) in [7, 11) is 0. The van der Waals surface area contributed by atoms with Crippen molar-refractivity contribution in [1.82, 2.24) is 0 Å². The summed E-state index contributed by atoms with van der Waals surface area (Å²) < 4.78 is 0. The minimum atomic E-state index is 0. The summed E-state index contributed by atoms with van der Waals surface area (Å²) in [6, 6.07) is 8.56. The molecule has 0 bridgehead atoms. The molecule has 1 aromatic rings. The highest BCUT2D eigenvalue weighted by Crippen LogP contribution is 2.47. The molecule has 2 rings (SSSR count). The van der Waals surface area contributed by atoms with Crippen LogP contribution in [0, 0.1) is 0 Å². The molecule has 1 aromatic carbocycles. The van der Waals surface area contributed by atoms with Crippen LogP contribution in [0.25, 0.3) is 0 Å². The van der Waals surface area contributed by atoms with Crippen LogP contribution in [0.15, 0.2) is 24.3 Å². The van der Waals surface area contributed by atoms with Crippen LogP contribution < -0.4 is 5.73 Å². The van der Waals surface area contributed by atoms with E-state index in [1.807, 2.05) is 12.1 Å². The van der Waals surface area contributed by atoms with Crippen LogP contribution in [0.3, 0.4) is 0 Å². The third-order valence-electron chi connectivity index (χ3n) is 3.48. The molecule has 1 aliphatic carbocycles. The molecule has 3 heteroatoms. The lowest BCUT2D eigenvalue weighted by atomic mass is 9.61. The van der Waals surface area contributed by atoms with Gasteiger partial charge >= 0.3 is 0 Å². The van der Waals surface area contributed by atoms with E-state index < -0.39 is 0 Å². The first-order chi connectivity index (χ1) is 7.12. The Morgan fingerprint density at radius 2 is 1.88 bits per heavy atom. The molecule has 0 heterocycles. The van der Waals surface area contributed by atoms with Crippen LogP contribution in [0.1, 0.15) is 38.2 Å². The first-order valence-electron chi connectivity index (χ1n) is 5.64. The van der Waals surface area contributed by atoms with E-state index in [9.17, 15) is 0 Å². The molecule has 1 fully saturated rings. The number of halogens is 2. The Kier molecular flexibility index (Phi) is 4.66. The predicted octanol–water partition coefficient (Wildman–Crippen LogP) is 3.92. The predicted molar refractivity (Wildman–Crippen MR) is 72.5 cm³/mol. The monoisotopic (exact) mass is 259 g/mol. The molecule has 1 aliphatic rings. The molecule has 0 aliphatic heterocycles. The molecule has 2 N–H and O–H groups in total. The van der Waals surface area contributed by atoms with Crippen molar-refractivity contribution in [2.24, 2.45) is 5.73 Å². The van der Waals surface area contributed by atoms with Gasteiger partial charge in [0.25, 0.3) is 0 Å². The average molecular weight is 260 g/mol. The Labute approximate surface area is 109 Å². The third kappa shape index (κ3) is 2.71. The SMILES string of the molecule is CC(N)CC1(c2ccc(Cl)cc2)CCC1.Cl. The van der Waals surface area contributed by atoms with Crippen molar-refractivity contribution in [3.8, 4) is 0 Å². The van der Waals surface area contributed by atoms with Crippen LogP contribution in [0.5, 0.6) is 0 Å². The Bertz CT molecular complexity index is 328. The van der Waals surface area contributed by atoms with E-state index in [-0.39, 0.29) is 18.4 Å². The number of rotatable bonds is 3. The van der Waals surface area contributed by atoms with E-state index in [4.69, 9.17) is 17.3 Å². The zero-order valence-corrected chi connectivity index (χ0v) is 11.2. The zero-order chi connectivity index (χ0) is 10.9. The van der Waals surface area contributed by atoms with E-state index in [1.54, 1.807) is 0 Å². The first-order valence-corrected chi connectivity index (χ1v) is 6.02. The highest BCUT2D eigenvalue weighted by atomic mass is 35.5. The molecule has 0 saturated heterocycles. The van der Waals surface area contributed by atoms with Crippen molar-refractivity contribution in [2.45, 2.75) is 44.1 Å². The molecule has 16 heavy (non-hydrogen) atoms. The van der Waals surface area contributed by atoms with Crippen molar-refractivity contribution >= 4 is 24.0 Å². The van der Waals surface area contributed by atoms with Gasteiger partial charge in [-0.2, -0.15) is 0 Å². The lowest BCUT2D eigenvalue weighted by Gasteiger charge is -2.44. The summed E-state index contributed by atoms with van der Waals surface area (Å²) in [5.41, 5.74) is 7.69. The smallest absolute Gasteiger partial charge is 0.0406 e. The summed E-state index contributed by atoms with van der Waals surface area (Å²) >= 11 is 5.90. The molecule has 1 saturated carbocycles. The van der Waals surface area contributed by atoms with E-state index in [1.165, 1.54) is 24.8 Å². The van der Waals surface area contributed by atoms with Gasteiger partial charge in [0.1, 0.15) is 0 Å². The second kappa shape index (κ2) is 5.39. The standard InChI is InChI=1S/C13H18ClN.ClH/c1-10(15)9-13(7-2-8-13)11-3-5-12(14)6-4-11;/h3-6,10H,2,7-9,15H2,1H3;1H. The minimum Gasteiger partial charge on any atom is -0.328 e. The quantitative estimate of drug-likeness (QED) is 0.875. The summed E-state index contributed by atoms with van der Waals surface area (Å²) in [5, 5.41) is 0.814. The van der Waals surface area contributed by atoms with Gasteiger partial charge in [-0.1, -0.05) is 30.2 Å². The largest absolute Gasteiger partial charge is 0.328 e. The van der Waals surface area contributed by atoms with Gasteiger partial charge in [-0.25, -0.2) is 0 Å². The third-order valence-corrected chi connectivity index (χ3v) is 3.73. The van der Waals surface area contributed by atoms with Crippen molar-refractivity contribution in [2.75, 3.05) is 0 Å². The normalized spacial score (nSPS) is 19.4. The first kappa shape index (κ1) is 13.8. The number of hydrogen-bond acceptors (Lipinski definition) is 1. The van der Waals surface area contributed by atoms with Crippen molar-refractivity contribution < 1.29 is 0 Å². The van der Waals surface area contributed by atoms with E-state index in [0.29, 0.717) is 5.41 Å². The number of nitrogens with two attached hydrogens (primary N) is 1. The fraction of sp³-hybridized carbons (Fsp3) is 0.538. The van der Waals surface area contributed by atoms with Crippen LogP contribution in [-0.4, -0.2) is 6.04 Å². The molecule has 1 nitrogen and oxygen atoms in total. The lowest BCUT2D eigenvalue weighted by Crippen LogP contribution is -2.39. The van der Waals surface area contributed by atoms with Crippen LogP contribution in [0.2, 0.25) is 5.02 Å². The molecule has 90 valence electrons. The van der Waals surface area contributed by atoms with Gasteiger partial charge in [0.05, 0.1) is 0 Å². The van der Waals surface area contributed by atoms with E-state index in [2.05, 4.69) is 19.1 Å². The Hall–Kier alpha value is -0.240. The van der Waals surface area contributed by atoms with Crippen LogP contribution >= 0.6 is 24.0 Å². The van der Waals surface area contributed by atoms with Gasteiger partial charge in [-0.3, -0.25) is 0 Å². The second-order valence-electron chi connectivity index (χ2n) is 4.82. The maximum absolute atomic E-state index is 5.93. The van der Waals surface area contributed by atoms with Gasteiger partial charge < -0.3 is 5.73 Å². The summed E-state index contributed by atoms with van der Waals surface area (Å²) in [6.45, 7) is 2.09. The summed E-state index contributed by atoms with van der Waals surface area (Å²) in [4.78, 5) is 0. The summed E-state index contributed by atoms with van der Waals surface area (Å²) in [6.07, 6.45) is 4.97. The molecule has 0 radical (unpaired) electrons. The number of hydrogen-bond donors (Lipinski definition) is 1. The van der Waals surface area contributed by atoms with E-state index >= 15 is 0 Å². The van der Waals surface area contributed by atoms with Crippen molar-refractivity contribution in [3.05, 3.63) is 34.9 Å². The fourth-order valence-electron chi connectivity index (χ4n) is 2.63. The molecule has 0 spiro atoms. The summed E-state index contributed by atoms with van der Waals surface area (Å²) in [5.74, 6) is 0. The molecule has 0 amide bonds. The van der Waals surface area contributed by atoms with Gasteiger partial charge in [-0.15, -0.1) is 12.4 Å². The van der Waals surface area contributed by atoms with Crippen LogP contribution in [-0.2, 0) is 5.41 Å². The van der Waals surface area contributed by atoms with Gasteiger partial charge in [0.2, 0.25) is 0 Å². The maximum Gasteiger partial charge on any atom is 0.0406 e. The highest BCUT2D eigenvalue weighted by Gasteiger charge is 2.38. The van der Waals surface area contributed by atoms with Crippen molar-refractivity contribution in [3.63, 3.8) is 0 Å². The minimum absolute atomic E-state index is 0. The van der Waals surface area contributed by atoms with Crippen LogP contribution in [0.4, 0.5) is 0 Å². The van der Waals surface area contributed by atoms with Gasteiger partial charge in [0.15, 0.2) is 0 Å². The van der Waals surface area contributed by atoms with Gasteiger partial charge in [0, 0.05) is 11.1 Å². The van der Waals surface area contributed by atoms with Gasteiger partial charge in [-0.05, 0) is 49.3 Å². The van der Waals surface area contributed by atoms with Crippen molar-refractivity contribution in [1.29, 1.82) is 0 Å². The Balaban J connectivity index is 0.00000128. The molecular weight excluding hydrogens is 241 g/mol. The molecular formula is C13H19Cl2N. The second-order valence-corrected chi connectivity index (χ2v) is 5.26. The molecule has 1 atom stereocenters.